The highest BCUT2D eigenvalue weighted by atomic mass is 35.5. The van der Waals surface area contributed by atoms with Crippen molar-refractivity contribution >= 4 is 24.8 Å². The molecular formula is C9H17Cl2F3N2. The molecule has 1 aliphatic heterocycles. The van der Waals surface area contributed by atoms with Gasteiger partial charge in [-0.05, 0) is 6.42 Å². The summed E-state index contributed by atoms with van der Waals surface area (Å²) >= 11 is 0. The van der Waals surface area contributed by atoms with Crippen molar-refractivity contribution in [3.8, 4) is 0 Å². The molecule has 1 rings (SSSR count). The lowest BCUT2D eigenvalue weighted by atomic mass is 10.1. The zero-order valence-electron chi connectivity index (χ0n) is 8.79. The molecule has 1 heterocycles. The topological polar surface area (TPSA) is 15.3 Å². The van der Waals surface area contributed by atoms with Crippen LogP contribution in [0.4, 0.5) is 13.2 Å². The van der Waals surface area contributed by atoms with Crippen LogP contribution in [0.2, 0.25) is 0 Å². The summed E-state index contributed by atoms with van der Waals surface area (Å²) in [5, 5.41) is 3.03. The van der Waals surface area contributed by atoms with Gasteiger partial charge >= 0.3 is 6.18 Å². The zero-order chi connectivity index (χ0) is 10.6. The molecule has 1 saturated heterocycles. The van der Waals surface area contributed by atoms with E-state index in [-0.39, 0.29) is 31.2 Å². The molecular weight excluding hydrogens is 264 g/mol. The van der Waals surface area contributed by atoms with Crippen LogP contribution >= 0.6 is 24.8 Å². The highest BCUT2D eigenvalue weighted by Gasteiger charge is 2.42. The van der Waals surface area contributed by atoms with Gasteiger partial charge in [0, 0.05) is 26.2 Å². The van der Waals surface area contributed by atoms with Gasteiger partial charge in [-0.3, -0.25) is 4.90 Å². The van der Waals surface area contributed by atoms with Crippen LogP contribution in [0.1, 0.15) is 6.42 Å². The Morgan fingerprint density at radius 2 is 1.75 bits per heavy atom. The van der Waals surface area contributed by atoms with E-state index < -0.39 is 12.2 Å². The molecule has 0 aromatic heterocycles. The monoisotopic (exact) mass is 280 g/mol. The molecule has 0 aliphatic carbocycles. The van der Waals surface area contributed by atoms with Crippen molar-refractivity contribution in [3.63, 3.8) is 0 Å². The molecule has 1 fully saturated rings. The molecule has 0 aromatic carbocycles. The Morgan fingerprint density at radius 3 is 2.12 bits per heavy atom. The molecule has 0 aromatic rings. The Hall–Kier alpha value is 0.0300. The predicted molar refractivity (Wildman–Crippen MR) is 63.6 cm³/mol. The Labute approximate surface area is 106 Å². The van der Waals surface area contributed by atoms with E-state index in [1.54, 1.807) is 0 Å². The summed E-state index contributed by atoms with van der Waals surface area (Å²) in [4.78, 5) is 1.47. The standard InChI is InChI=1S/C9H15F3N2.2ClH/c1-2-3-8(9(10,11)12)14-6-4-13-5-7-14;;/h2,8,13H,1,3-7H2;2*1H/t8-;;/m1../s1. The SMILES string of the molecule is C=CC[C@@H](N1CCNCC1)C(F)(F)F.Cl.Cl. The lowest BCUT2D eigenvalue weighted by Crippen LogP contribution is -2.53. The molecule has 0 amide bonds. The van der Waals surface area contributed by atoms with Gasteiger partial charge < -0.3 is 5.32 Å². The maximum absolute atomic E-state index is 12.6. The average Bonchev–Trinajstić information content (AvgIpc) is 2.14. The Kier molecular flexibility index (Phi) is 9.39. The molecule has 16 heavy (non-hydrogen) atoms. The third-order valence-electron chi connectivity index (χ3n) is 2.36. The highest BCUT2D eigenvalue weighted by molar-refractivity contribution is 5.85. The van der Waals surface area contributed by atoms with Crippen molar-refractivity contribution < 1.29 is 13.2 Å². The van der Waals surface area contributed by atoms with Crippen LogP contribution in [-0.4, -0.2) is 43.3 Å². The number of nitrogens with one attached hydrogen (secondary N) is 1. The van der Waals surface area contributed by atoms with Gasteiger partial charge in [0.15, 0.2) is 0 Å². The van der Waals surface area contributed by atoms with Crippen LogP contribution in [0.3, 0.4) is 0 Å². The van der Waals surface area contributed by atoms with Crippen LogP contribution < -0.4 is 5.32 Å². The largest absolute Gasteiger partial charge is 0.404 e. The van der Waals surface area contributed by atoms with E-state index in [0.29, 0.717) is 26.2 Å². The second-order valence-electron chi connectivity index (χ2n) is 3.37. The van der Waals surface area contributed by atoms with Crippen molar-refractivity contribution in [3.05, 3.63) is 12.7 Å². The average molecular weight is 281 g/mol. The first kappa shape index (κ1) is 18.4. The van der Waals surface area contributed by atoms with E-state index in [1.807, 2.05) is 0 Å². The number of alkyl halides is 3. The summed E-state index contributed by atoms with van der Waals surface area (Å²) in [5.74, 6) is 0. The molecule has 2 nitrogen and oxygen atoms in total. The van der Waals surface area contributed by atoms with Gasteiger partial charge in [-0.25, -0.2) is 0 Å². The summed E-state index contributed by atoms with van der Waals surface area (Å²) in [6, 6.07) is -1.36. The van der Waals surface area contributed by atoms with Crippen LogP contribution in [0, 0.1) is 0 Å². The number of nitrogens with zero attached hydrogens (tertiary/aromatic N) is 1. The minimum atomic E-state index is -4.15. The predicted octanol–water partition coefficient (Wildman–Crippen LogP) is 2.24. The lowest BCUT2D eigenvalue weighted by Gasteiger charge is -2.35. The second-order valence-corrected chi connectivity index (χ2v) is 3.37. The first-order chi connectivity index (χ1) is 6.55. The summed E-state index contributed by atoms with van der Waals surface area (Å²) in [7, 11) is 0. The molecule has 98 valence electrons. The molecule has 1 N–H and O–H groups in total. The van der Waals surface area contributed by atoms with Crippen molar-refractivity contribution in [2.24, 2.45) is 0 Å². The fourth-order valence-electron chi connectivity index (χ4n) is 1.64. The molecule has 7 heteroatoms. The van der Waals surface area contributed by atoms with E-state index >= 15 is 0 Å². The fraction of sp³-hybridized carbons (Fsp3) is 0.778. The minimum Gasteiger partial charge on any atom is -0.314 e. The zero-order valence-corrected chi connectivity index (χ0v) is 10.4. The quantitative estimate of drug-likeness (QED) is 0.798. The van der Waals surface area contributed by atoms with Gasteiger partial charge in [0.1, 0.15) is 6.04 Å². The van der Waals surface area contributed by atoms with E-state index in [0.717, 1.165) is 0 Å². The molecule has 1 atom stereocenters. The molecule has 0 unspecified atom stereocenters. The fourth-order valence-corrected chi connectivity index (χ4v) is 1.64. The van der Waals surface area contributed by atoms with Crippen molar-refractivity contribution in [2.45, 2.75) is 18.6 Å². The van der Waals surface area contributed by atoms with Gasteiger partial charge in [-0.15, -0.1) is 31.4 Å². The summed E-state index contributed by atoms with van der Waals surface area (Å²) in [6.45, 7) is 5.54. The first-order valence-corrected chi connectivity index (χ1v) is 4.68. The van der Waals surface area contributed by atoms with Crippen LogP contribution in [-0.2, 0) is 0 Å². The van der Waals surface area contributed by atoms with E-state index in [4.69, 9.17) is 0 Å². The second kappa shape index (κ2) is 8.17. The maximum Gasteiger partial charge on any atom is 0.404 e. The number of hydrogen-bond acceptors (Lipinski definition) is 2. The van der Waals surface area contributed by atoms with E-state index in [9.17, 15) is 13.2 Å². The molecule has 0 bridgehead atoms. The van der Waals surface area contributed by atoms with Crippen molar-refractivity contribution in [1.82, 2.24) is 10.2 Å². The Bertz CT molecular complexity index is 194. The van der Waals surface area contributed by atoms with Crippen LogP contribution in [0.25, 0.3) is 0 Å². The number of rotatable bonds is 3. The van der Waals surface area contributed by atoms with Gasteiger partial charge in [0.2, 0.25) is 0 Å². The van der Waals surface area contributed by atoms with Crippen LogP contribution in [0.5, 0.6) is 0 Å². The van der Waals surface area contributed by atoms with E-state index in [1.165, 1.54) is 11.0 Å². The van der Waals surface area contributed by atoms with Crippen LogP contribution in [0.15, 0.2) is 12.7 Å². The van der Waals surface area contributed by atoms with Gasteiger partial charge in [-0.2, -0.15) is 13.2 Å². The summed E-state index contributed by atoms with van der Waals surface area (Å²) in [5.41, 5.74) is 0. The maximum atomic E-state index is 12.6. The number of hydrogen-bond donors (Lipinski definition) is 1. The van der Waals surface area contributed by atoms with Crippen molar-refractivity contribution in [2.75, 3.05) is 26.2 Å². The van der Waals surface area contributed by atoms with Crippen molar-refractivity contribution in [1.29, 1.82) is 0 Å². The smallest absolute Gasteiger partial charge is 0.314 e. The number of halogens is 5. The molecule has 0 saturated carbocycles. The van der Waals surface area contributed by atoms with Gasteiger partial charge in [0.25, 0.3) is 0 Å². The molecule has 1 aliphatic rings. The summed E-state index contributed by atoms with van der Waals surface area (Å²) < 4.78 is 37.7. The van der Waals surface area contributed by atoms with Gasteiger partial charge in [-0.1, -0.05) is 6.08 Å². The highest BCUT2D eigenvalue weighted by Crippen LogP contribution is 2.27. The Morgan fingerprint density at radius 1 is 1.25 bits per heavy atom. The molecule has 0 radical (unpaired) electrons. The Balaban J connectivity index is 0. The lowest BCUT2D eigenvalue weighted by molar-refractivity contribution is -0.184. The summed E-state index contributed by atoms with van der Waals surface area (Å²) in [6.07, 6.45) is -2.84. The van der Waals surface area contributed by atoms with Gasteiger partial charge in [0.05, 0.1) is 0 Å². The minimum absolute atomic E-state index is 0. The van der Waals surface area contributed by atoms with E-state index in [2.05, 4.69) is 11.9 Å². The third-order valence-corrected chi connectivity index (χ3v) is 2.36. The molecule has 0 spiro atoms. The normalized spacial score (nSPS) is 19.2. The first-order valence-electron chi connectivity index (χ1n) is 4.68. The third kappa shape index (κ3) is 5.39. The number of piperazine rings is 1.